The smallest absolute Gasteiger partial charge is 0.338 e. The van der Waals surface area contributed by atoms with E-state index in [-0.39, 0.29) is 5.78 Å². The minimum atomic E-state index is -0.975. The molecule has 0 unspecified atom stereocenters. The van der Waals surface area contributed by atoms with Crippen molar-refractivity contribution in [2.75, 3.05) is 18.6 Å². The molecule has 3 aromatic rings. The maximum Gasteiger partial charge on any atom is 0.338 e. The standard InChI is InChI=1S/C32H29N3O6/c1-3-4-17-41-32(39)20-9-13-22(14-10-20)34-30(37)25-26(31(34)38)28(29(36)19-11-15-23(40-2)16-12-19)35-27(25)24-8-6-5-7-21(24)18-33-35/h5-16,18,25-28H,3-4,17H2,1-2H3/t25-,26+,27-,28+/m0/s1. The highest BCUT2D eigenvalue weighted by molar-refractivity contribution is 6.24. The topological polar surface area (TPSA) is 106 Å². The minimum absolute atomic E-state index is 0.296. The van der Waals surface area contributed by atoms with Gasteiger partial charge in [0.1, 0.15) is 11.8 Å². The summed E-state index contributed by atoms with van der Waals surface area (Å²) in [5.41, 5.74) is 2.76. The average molecular weight is 552 g/mol. The number of ether oxygens (including phenoxy) is 2. The van der Waals surface area contributed by atoms with E-state index in [2.05, 4.69) is 5.10 Å². The average Bonchev–Trinajstić information content (AvgIpc) is 3.49. The van der Waals surface area contributed by atoms with Crippen molar-refractivity contribution in [2.24, 2.45) is 16.9 Å². The SMILES string of the molecule is CCCCOC(=O)c1ccc(N2C(=O)[C@@H]3[C@H](C2=O)[C@@H]2c4ccccc4C=NN2[C@H]3C(=O)c2ccc(OC)cc2)cc1. The third-order valence-corrected chi connectivity index (χ3v) is 8.03. The molecule has 4 atom stereocenters. The van der Waals surface area contributed by atoms with Gasteiger partial charge in [-0.2, -0.15) is 5.10 Å². The molecule has 0 N–H and O–H groups in total. The zero-order chi connectivity index (χ0) is 28.7. The summed E-state index contributed by atoms with van der Waals surface area (Å²) in [7, 11) is 1.54. The summed E-state index contributed by atoms with van der Waals surface area (Å²) in [4.78, 5) is 55.6. The summed E-state index contributed by atoms with van der Waals surface area (Å²) in [5, 5.41) is 6.23. The van der Waals surface area contributed by atoms with E-state index < -0.39 is 41.7 Å². The van der Waals surface area contributed by atoms with Crippen LogP contribution in [-0.2, 0) is 14.3 Å². The highest BCUT2D eigenvalue weighted by Gasteiger charge is 2.65. The molecular weight excluding hydrogens is 522 g/mol. The fourth-order valence-corrected chi connectivity index (χ4v) is 5.99. The number of benzene rings is 3. The number of methoxy groups -OCH3 is 1. The lowest BCUT2D eigenvalue weighted by molar-refractivity contribution is -0.124. The van der Waals surface area contributed by atoms with Gasteiger partial charge in [-0.15, -0.1) is 0 Å². The number of anilines is 1. The first-order valence-corrected chi connectivity index (χ1v) is 13.7. The molecule has 9 nitrogen and oxygen atoms in total. The lowest BCUT2D eigenvalue weighted by Gasteiger charge is -2.33. The van der Waals surface area contributed by atoms with Gasteiger partial charge in [-0.05, 0) is 66.1 Å². The van der Waals surface area contributed by atoms with E-state index in [9.17, 15) is 19.2 Å². The Morgan fingerprint density at radius 3 is 2.27 bits per heavy atom. The first-order valence-electron chi connectivity index (χ1n) is 13.7. The molecule has 9 heteroatoms. The number of carbonyl (C=O) groups is 4. The molecule has 3 aromatic carbocycles. The maximum atomic E-state index is 14.1. The van der Waals surface area contributed by atoms with E-state index in [0.717, 1.165) is 28.9 Å². The molecule has 0 aliphatic carbocycles. The largest absolute Gasteiger partial charge is 0.497 e. The van der Waals surface area contributed by atoms with E-state index in [1.807, 2.05) is 31.2 Å². The van der Waals surface area contributed by atoms with E-state index >= 15 is 0 Å². The van der Waals surface area contributed by atoms with Gasteiger partial charge in [0.15, 0.2) is 5.78 Å². The molecule has 0 spiro atoms. The fourth-order valence-electron chi connectivity index (χ4n) is 5.99. The molecule has 2 saturated heterocycles. The van der Waals surface area contributed by atoms with Crippen molar-refractivity contribution in [3.05, 3.63) is 95.1 Å². The van der Waals surface area contributed by atoms with E-state index in [1.54, 1.807) is 66.9 Å². The molecule has 0 bridgehead atoms. The van der Waals surface area contributed by atoms with Crippen LogP contribution in [0.3, 0.4) is 0 Å². The number of nitrogens with zero attached hydrogens (tertiary/aromatic N) is 3. The molecule has 208 valence electrons. The summed E-state index contributed by atoms with van der Waals surface area (Å²) >= 11 is 0. The Balaban J connectivity index is 1.36. The third kappa shape index (κ3) is 4.38. The van der Waals surface area contributed by atoms with Gasteiger partial charge < -0.3 is 9.47 Å². The van der Waals surface area contributed by atoms with Crippen molar-refractivity contribution < 1.29 is 28.7 Å². The van der Waals surface area contributed by atoms with Gasteiger partial charge in [0.2, 0.25) is 11.8 Å². The van der Waals surface area contributed by atoms with Gasteiger partial charge >= 0.3 is 5.97 Å². The fraction of sp³-hybridized carbons (Fsp3) is 0.281. The molecule has 0 radical (unpaired) electrons. The van der Waals surface area contributed by atoms with Crippen LogP contribution in [0.4, 0.5) is 5.69 Å². The molecule has 0 saturated carbocycles. The molecule has 6 rings (SSSR count). The van der Waals surface area contributed by atoms with Gasteiger partial charge in [-0.1, -0.05) is 37.6 Å². The van der Waals surface area contributed by atoms with Gasteiger partial charge in [0.25, 0.3) is 0 Å². The molecule has 3 aliphatic heterocycles. The Hall–Kier alpha value is -4.79. The normalized spacial score (nSPS) is 22.3. The van der Waals surface area contributed by atoms with Crippen LogP contribution in [0.25, 0.3) is 0 Å². The maximum absolute atomic E-state index is 14.1. The lowest BCUT2D eigenvalue weighted by atomic mass is 9.83. The van der Waals surface area contributed by atoms with Crippen LogP contribution in [-0.4, -0.2) is 54.5 Å². The molecule has 2 fully saturated rings. The number of imide groups is 1. The Morgan fingerprint density at radius 2 is 1.56 bits per heavy atom. The van der Waals surface area contributed by atoms with Gasteiger partial charge in [0, 0.05) is 5.56 Å². The van der Waals surface area contributed by atoms with E-state index in [4.69, 9.17) is 9.47 Å². The number of rotatable bonds is 8. The van der Waals surface area contributed by atoms with Crippen molar-refractivity contribution in [3.63, 3.8) is 0 Å². The lowest BCUT2D eigenvalue weighted by Crippen LogP contribution is -2.44. The summed E-state index contributed by atoms with van der Waals surface area (Å²) < 4.78 is 10.5. The number of hydrogen-bond donors (Lipinski definition) is 0. The van der Waals surface area contributed by atoms with Crippen molar-refractivity contribution in [1.29, 1.82) is 0 Å². The van der Waals surface area contributed by atoms with Gasteiger partial charge in [-0.3, -0.25) is 19.4 Å². The Morgan fingerprint density at radius 1 is 0.878 bits per heavy atom. The van der Waals surface area contributed by atoms with Gasteiger partial charge in [-0.25, -0.2) is 9.69 Å². The summed E-state index contributed by atoms with van der Waals surface area (Å²) in [5.74, 6) is -2.77. The number of ketones is 1. The number of Topliss-reactive ketones (excluding diaryl/α,β-unsaturated/α-hetero) is 1. The van der Waals surface area contributed by atoms with Crippen LogP contribution >= 0.6 is 0 Å². The predicted octanol–water partition coefficient (Wildman–Crippen LogP) is 4.41. The zero-order valence-electron chi connectivity index (χ0n) is 22.7. The van der Waals surface area contributed by atoms with Gasteiger partial charge in [0.05, 0.1) is 49.1 Å². The summed E-state index contributed by atoms with van der Waals surface area (Å²) in [6.45, 7) is 2.34. The number of hydrogen-bond acceptors (Lipinski definition) is 8. The number of hydrazone groups is 1. The highest BCUT2D eigenvalue weighted by Crippen LogP contribution is 2.53. The van der Waals surface area contributed by atoms with Crippen molar-refractivity contribution in [3.8, 4) is 5.75 Å². The zero-order valence-corrected chi connectivity index (χ0v) is 22.7. The van der Waals surface area contributed by atoms with Crippen molar-refractivity contribution in [2.45, 2.75) is 31.8 Å². The quantitative estimate of drug-likeness (QED) is 0.177. The third-order valence-electron chi connectivity index (χ3n) is 8.03. The number of amides is 2. The number of carbonyl (C=O) groups excluding carboxylic acids is 4. The van der Waals surface area contributed by atoms with Crippen LogP contribution < -0.4 is 9.64 Å². The Kier molecular flexibility index (Phi) is 6.86. The monoisotopic (exact) mass is 551 g/mol. The summed E-state index contributed by atoms with van der Waals surface area (Å²) in [6.07, 6.45) is 3.35. The molecule has 3 aliphatic rings. The molecule has 3 heterocycles. The van der Waals surface area contributed by atoms with Crippen LogP contribution in [0.1, 0.15) is 57.7 Å². The second-order valence-electron chi connectivity index (χ2n) is 10.3. The van der Waals surface area contributed by atoms with Crippen LogP contribution in [0.2, 0.25) is 0 Å². The highest BCUT2D eigenvalue weighted by atomic mass is 16.5. The Labute approximate surface area is 237 Å². The molecule has 0 aromatic heterocycles. The Bertz CT molecular complexity index is 1550. The van der Waals surface area contributed by atoms with Crippen LogP contribution in [0.5, 0.6) is 5.75 Å². The first-order chi connectivity index (χ1) is 19.9. The van der Waals surface area contributed by atoms with Crippen molar-refractivity contribution >= 4 is 35.5 Å². The van der Waals surface area contributed by atoms with Crippen molar-refractivity contribution in [1.82, 2.24) is 5.01 Å². The molecular formula is C32H29N3O6. The van der Waals surface area contributed by atoms with E-state index in [1.165, 1.54) is 0 Å². The number of esters is 1. The second kappa shape index (κ2) is 10.6. The van der Waals surface area contributed by atoms with E-state index in [0.29, 0.717) is 29.2 Å². The molecule has 41 heavy (non-hydrogen) atoms. The predicted molar refractivity (Wildman–Crippen MR) is 151 cm³/mol. The minimum Gasteiger partial charge on any atom is -0.497 e. The second-order valence-corrected chi connectivity index (χ2v) is 10.3. The van der Waals surface area contributed by atoms with Crippen LogP contribution in [0, 0.1) is 11.8 Å². The molecule has 2 amide bonds. The summed E-state index contributed by atoms with van der Waals surface area (Å²) in [6, 6.07) is 18.9. The van der Waals surface area contributed by atoms with Crippen LogP contribution in [0.15, 0.2) is 77.9 Å². The number of fused-ring (bicyclic) bond motifs is 5. The number of unbranched alkanes of at least 4 members (excludes halogenated alkanes) is 1. The first kappa shape index (κ1) is 26.4.